The van der Waals surface area contributed by atoms with E-state index in [0.29, 0.717) is 62.7 Å². The summed E-state index contributed by atoms with van der Waals surface area (Å²) >= 11 is 19.1. The number of fused-ring (bicyclic) bond motifs is 1. The molecule has 1 saturated carbocycles. The molecule has 1 aromatic carbocycles. The van der Waals surface area contributed by atoms with Crippen LogP contribution in [0.3, 0.4) is 0 Å². The van der Waals surface area contributed by atoms with E-state index < -0.39 is 0 Å². The van der Waals surface area contributed by atoms with Crippen molar-refractivity contribution in [2.75, 3.05) is 23.7 Å². The lowest BCUT2D eigenvalue weighted by Crippen LogP contribution is -2.45. The van der Waals surface area contributed by atoms with Gasteiger partial charge in [0.05, 0.1) is 21.9 Å². The Morgan fingerprint density at radius 2 is 1.79 bits per heavy atom. The monoisotopic (exact) mass is 578 g/mol. The summed E-state index contributed by atoms with van der Waals surface area (Å²) in [6.07, 6.45) is 6.92. The third-order valence-corrected chi connectivity index (χ3v) is 8.47. The molecule has 0 spiro atoms. The van der Waals surface area contributed by atoms with Gasteiger partial charge < -0.3 is 16.4 Å². The zero-order chi connectivity index (χ0) is 27.0. The average Bonchev–Trinajstić information content (AvgIpc) is 3.23. The lowest BCUT2D eigenvalue weighted by atomic mass is 9.85. The number of carbonyl (C=O) groups excluding carboxylic acids is 1. The minimum atomic E-state index is -0.242. The third kappa shape index (κ3) is 5.81. The van der Waals surface area contributed by atoms with Crippen molar-refractivity contribution in [3.05, 3.63) is 33.4 Å². The van der Waals surface area contributed by atoms with E-state index in [2.05, 4.69) is 38.9 Å². The summed E-state index contributed by atoms with van der Waals surface area (Å²) in [6, 6.07) is 4.11. The van der Waals surface area contributed by atoms with Gasteiger partial charge in [0, 0.05) is 35.6 Å². The molecule has 12 heteroatoms. The number of piperidine rings is 1. The first-order valence-electron chi connectivity index (χ1n) is 13.2. The Labute approximate surface area is 237 Å². The largest absolute Gasteiger partial charge is 0.369 e. The van der Waals surface area contributed by atoms with Crippen LogP contribution in [-0.2, 0) is 4.79 Å². The second-order valence-corrected chi connectivity index (χ2v) is 11.8. The first kappa shape index (κ1) is 27.2. The molecule has 204 valence electrons. The summed E-state index contributed by atoms with van der Waals surface area (Å²) in [6.45, 7) is 6.52. The van der Waals surface area contributed by atoms with Gasteiger partial charge in [-0.1, -0.05) is 34.8 Å². The van der Waals surface area contributed by atoms with E-state index >= 15 is 0 Å². The van der Waals surface area contributed by atoms with Crippen molar-refractivity contribution in [3.63, 3.8) is 0 Å². The second kappa shape index (κ2) is 11.4. The number of likely N-dealkylation sites (tertiary alicyclic amines) is 1. The van der Waals surface area contributed by atoms with Crippen molar-refractivity contribution in [1.29, 1.82) is 0 Å². The predicted octanol–water partition coefficient (Wildman–Crippen LogP) is 6.03. The number of imidazole rings is 1. The Bertz CT molecular complexity index is 1300. The maximum atomic E-state index is 11.8. The van der Waals surface area contributed by atoms with Gasteiger partial charge in [0.2, 0.25) is 17.8 Å². The number of halogens is 3. The number of aromatic nitrogens is 4. The number of primary amides is 1. The van der Waals surface area contributed by atoms with Crippen molar-refractivity contribution in [2.24, 2.45) is 11.7 Å². The van der Waals surface area contributed by atoms with Crippen LogP contribution >= 0.6 is 34.8 Å². The van der Waals surface area contributed by atoms with Gasteiger partial charge in [-0.3, -0.25) is 14.3 Å². The molecule has 3 heterocycles. The van der Waals surface area contributed by atoms with Gasteiger partial charge in [0.15, 0.2) is 5.65 Å². The molecule has 0 radical (unpaired) electrons. The lowest BCUT2D eigenvalue weighted by Gasteiger charge is -2.35. The summed E-state index contributed by atoms with van der Waals surface area (Å²) in [5.74, 6) is 0.784. The quantitative estimate of drug-likeness (QED) is 0.313. The number of hydrogen-bond donors (Lipinski definition) is 3. The van der Waals surface area contributed by atoms with Crippen molar-refractivity contribution >= 4 is 69.5 Å². The molecule has 2 aromatic heterocycles. The summed E-state index contributed by atoms with van der Waals surface area (Å²) in [4.78, 5) is 28.6. The molecule has 1 atom stereocenters. The Morgan fingerprint density at radius 3 is 2.45 bits per heavy atom. The summed E-state index contributed by atoms with van der Waals surface area (Å²) in [7, 11) is 0. The van der Waals surface area contributed by atoms with E-state index in [4.69, 9.17) is 50.5 Å². The van der Waals surface area contributed by atoms with Gasteiger partial charge in [-0.2, -0.15) is 4.98 Å². The minimum Gasteiger partial charge on any atom is -0.369 e. The number of benzene rings is 1. The molecule has 2 fully saturated rings. The lowest BCUT2D eigenvalue weighted by molar-refractivity contribution is -0.122. The van der Waals surface area contributed by atoms with Gasteiger partial charge in [-0.05, 0) is 71.0 Å². The van der Waals surface area contributed by atoms with Crippen LogP contribution in [0.4, 0.5) is 17.6 Å². The first-order chi connectivity index (χ1) is 18.2. The molecule has 1 aliphatic heterocycles. The Balaban J connectivity index is 1.49. The summed E-state index contributed by atoms with van der Waals surface area (Å²) < 4.78 is 2.09. The maximum Gasteiger partial charge on any atom is 0.225 e. The molecule has 4 N–H and O–H groups in total. The van der Waals surface area contributed by atoms with E-state index in [1.807, 2.05) is 0 Å². The fourth-order valence-corrected chi connectivity index (χ4v) is 6.47. The van der Waals surface area contributed by atoms with Gasteiger partial charge >= 0.3 is 0 Å². The Morgan fingerprint density at radius 1 is 1.08 bits per heavy atom. The van der Waals surface area contributed by atoms with E-state index in [-0.39, 0.29) is 23.9 Å². The van der Waals surface area contributed by atoms with Crippen LogP contribution < -0.4 is 16.4 Å². The fraction of sp³-hybridized carbons (Fsp3) is 0.538. The second-order valence-electron chi connectivity index (χ2n) is 10.6. The normalized spacial score (nSPS) is 22.6. The zero-order valence-corrected chi connectivity index (χ0v) is 23.8. The van der Waals surface area contributed by atoms with Crippen molar-refractivity contribution in [1.82, 2.24) is 24.4 Å². The van der Waals surface area contributed by atoms with Crippen LogP contribution in [0.5, 0.6) is 0 Å². The Kier molecular flexibility index (Phi) is 8.19. The highest BCUT2D eigenvalue weighted by Crippen LogP contribution is 2.40. The molecule has 9 nitrogen and oxygen atoms in total. The standard InChI is InChI=1S/C26H33Cl3N8O/c1-14(2)36-9-3-4-17(13-36)32-25-31-12-21-24(35-25)37(18-7-5-15(6-8-18)23(30)38)26(33-21)34-22-19(28)10-16(27)11-20(22)29/h10-12,14-15,17-18H,3-9,13H2,1-2H3,(H2,30,38)(H,33,34)(H,31,32,35)/t15-,17-,18-/m1/s1. The van der Waals surface area contributed by atoms with Gasteiger partial charge in [-0.15, -0.1) is 0 Å². The molecule has 1 saturated heterocycles. The number of anilines is 3. The summed E-state index contributed by atoms with van der Waals surface area (Å²) in [5, 5.41) is 8.09. The zero-order valence-electron chi connectivity index (χ0n) is 21.6. The van der Waals surface area contributed by atoms with Gasteiger partial charge in [-0.25, -0.2) is 9.97 Å². The van der Waals surface area contributed by atoms with Crippen molar-refractivity contribution < 1.29 is 4.79 Å². The minimum absolute atomic E-state index is 0.0665. The number of hydrogen-bond acceptors (Lipinski definition) is 7. The highest BCUT2D eigenvalue weighted by Gasteiger charge is 2.30. The fourth-order valence-electron chi connectivity index (χ4n) is 5.56. The highest BCUT2D eigenvalue weighted by atomic mass is 35.5. The topological polar surface area (TPSA) is 114 Å². The molecule has 1 aliphatic carbocycles. The van der Waals surface area contributed by atoms with Crippen LogP contribution in [0.1, 0.15) is 58.4 Å². The van der Waals surface area contributed by atoms with Gasteiger partial charge in [0.25, 0.3) is 0 Å². The average molecular weight is 580 g/mol. The number of nitrogens with one attached hydrogen (secondary N) is 2. The smallest absolute Gasteiger partial charge is 0.225 e. The van der Waals surface area contributed by atoms with Crippen LogP contribution in [0, 0.1) is 5.92 Å². The van der Waals surface area contributed by atoms with Crippen LogP contribution in [0.15, 0.2) is 18.3 Å². The molecule has 5 rings (SSSR count). The van der Waals surface area contributed by atoms with Crippen molar-refractivity contribution in [3.8, 4) is 0 Å². The highest BCUT2D eigenvalue weighted by molar-refractivity contribution is 6.41. The van der Waals surface area contributed by atoms with E-state index in [9.17, 15) is 4.79 Å². The number of nitrogens with zero attached hydrogens (tertiary/aromatic N) is 5. The molecular formula is C26H33Cl3N8O. The van der Waals surface area contributed by atoms with Gasteiger partial charge in [0.1, 0.15) is 5.52 Å². The third-order valence-electron chi connectivity index (χ3n) is 7.66. The molecule has 1 amide bonds. The summed E-state index contributed by atoms with van der Waals surface area (Å²) in [5.41, 5.74) is 7.48. The molecule has 0 bridgehead atoms. The maximum absolute atomic E-state index is 11.8. The number of rotatable bonds is 7. The number of amides is 1. The molecule has 0 unspecified atom stereocenters. The molecule has 38 heavy (non-hydrogen) atoms. The Hall–Kier alpha value is -2.33. The van der Waals surface area contributed by atoms with E-state index in [0.717, 1.165) is 38.8 Å². The van der Waals surface area contributed by atoms with Crippen molar-refractivity contribution in [2.45, 2.75) is 70.5 Å². The predicted molar refractivity (Wildman–Crippen MR) is 154 cm³/mol. The first-order valence-corrected chi connectivity index (χ1v) is 14.3. The van der Waals surface area contributed by atoms with E-state index in [1.165, 1.54) is 0 Å². The van der Waals surface area contributed by atoms with Crippen LogP contribution in [0.2, 0.25) is 15.1 Å². The van der Waals surface area contributed by atoms with Crippen LogP contribution in [-0.4, -0.2) is 55.5 Å². The van der Waals surface area contributed by atoms with E-state index in [1.54, 1.807) is 18.3 Å². The SMILES string of the molecule is CC(C)N1CCC[C@@H](Nc2ncc3nc(Nc4c(Cl)cc(Cl)cc4Cl)n([C@H]4CC[C@H](C(N)=O)CC4)c3n2)C1. The van der Waals surface area contributed by atoms with Crippen LogP contribution in [0.25, 0.3) is 11.2 Å². The molecule has 2 aliphatic rings. The number of nitrogens with two attached hydrogens (primary N) is 1. The molecule has 3 aromatic rings. The number of carbonyl (C=O) groups is 1. The molecular weight excluding hydrogens is 547 g/mol.